The van der Waals surface area contributed by atoms with Crippen molar-refractivity contribution in [1.29, 1.82) is 0 Å². The number of aromatic nitrogens is 2. The van der Waals surface area contributed by atoms with Gasteiger partial charge in [-0.25, -0.2) is 21.6 Å². The maximum Gasteiger partial charge on any atom is 0.263 e. The van der Waals surface area contributed by atoms with Gasteiger partial charge in [-0.3, -0.25) is 14.1 Å². The first kappa shape index (κ1) is 24.1. The number of anilines is 1. The van der Waals surface area contributed by atoms with Crippen LogP contribution in [0.5, 0.6) is 5.75 Å². The third kappa shape index (κ3) is 4.42. The first-order valence-corrected chi connectivity index (χ1v) is 12.1. The zero-order chi connectivity index (χ0) is 26.3. The average Bonchev–Trinajstić information content (AvgIpc) is 3.38. The standard InChI is InChI=1S/C25H16F3N3O5S/c1-35-23-11-14(17-12-19(27)20(28)13-18(17)26)2-5-22(23)31-21-6-4-16(10-15(21)3-7-25(31)32)37(33,34)30-24-8-9-36-29-24/h2-13H,1H3,(H,29,30). The molecule has 2 heterocycles. The highest BCUT2D eigenvalue weighted by atomic mass is 32.2. The first-order chi connectivity index (χ1) is 17.7. The summed E-state index contributed by atoms with van der Waals surface area (Å²) in [5.41, 5.74) is 0.175. The normalized spacial score (nSPS) is 11.6. The fourth-order valence-electron chi connectivity index (χ4n) is 3.88. The van der Waals surface area contributed by atoms with Gasteiger partial charge in [-0.15, -0.1) is 0 Å². The van der Waals surface area contributed by atoms with Gasteiger partial charge in [0.2, 0.25) is 0 Å². The van der Waals surface area contributed by atoms with Crippen LogP contribution < -0.4 is 15.0 Å². The van der Waals surface area contributed by atoms with Gasteiger partial charge in [0.25, 0.3) is 15.6 Å². The van der Waals surface area contributed by atoms with Gasteiger partial charge in [-0.2, -0.15) is 0 Å². The zero-order valence-corrected chi connectivity index (χ0v) is 19.7. The molecule has 0 aliphatic rings. The van der Waals surface area contributed by atoms with Crippen molar-refractivity contribution in [3.8, 4) is 22.6 Å². The number of halogens is 3. The van der Waals surface area contributed by atoms with Crippen LogP contribution in [0.2, 0.25) is 0 Å². The van der Waals surface area contributed by atoms with Crippen LogP contribution in [0.4, 0.5) is 19.0 Å². The van der Waals surface area contributed by atoms with E-state index in [1.165, 1.54) is 72.5 Å². The van der Waals surface area contributed by atoms with Crippen molar-refractivity contribution in [2.24, 2.45) is 0 Å². The van der Waals surface area contributed by atoms with Crippen LogP contribution in [-0.2, 0) is 10.0 Å². The van der Waals surface area contributed by atoms with E-state index >= 15 is 0 Å². The minimum atomic E-state index is -4.00. The SMILES string of the molecule is COc1cc(-c2cc(F)c(F)cc2F)ccc1-n1c(=O)ccc2cc(S(=O)(=O)Nc3ccon3)ccc21. The molecule has 0 bridgehead atoms. The van der Waals surface area contributed by atoms with Crippen LogP contribution in [0.25, 0.3) is 27.7 Å². The van der Waals surface area contributed by atoms with Gasteiger partial charge in [0.05, 0.1) is 23.2 Å². The van der Waals surface area contributed by atoms with E-state index in [1.54, 1.807) is 0 Å². The zero-order valence-electron chi connectivity index (χ0n) is 18.9. The summed E-state index contributed by atoms with van der Waals surface area (Å²) in [5.74, 6) is -3.35. The lowest BCUT2D eigenvalue weighted by atomic mass is 10.0. The summed E-state index contributed by atoms with van der Waals surface area (Å²) in [7, 11) is -2.67. The van der Waals surface area contributed by atoms with Crippen LogP contribution in [-0.4, -0.2) is 25.3 Å². The number of ether oxygens (including phenoxy) is 1. The fourth-order valence-corrected chi connectivity index (χ4v) is 4.90. The fraction of sp³-hybridized carbons (Fsp3) is 0.0400. The van der Waals surface area contributed by atoms with Gasteiger partial charge < -0.3 is 9.26 Å². The van der Waals surface area contributed by atoms with E-state index in [1.807, 2.05) is 0 Å². The second-order valence-electron chi connectivity index (χ2n) is 7.85. The predicted molar refractivity (Wildman–Crippen MR) is 129 cm³/mol. The van der Waals surface area contributed by atoms with Crippen molar-refractivity contribution in [3.63, 3.8) is 0 Å². The molecule has 5 rings (SSSR count). The summed E-state index contributed by atoms with van der Waals surface area (Å²) in [6, 6.07) is 13.7. The molecule has 0 amide bonds. The topological polar surface area (TPSA) is 103 Å². The molecule has 5 aromatic rings. The Bertz CT molecular complexity index is 1820. The number of methoxy groups -OCH3 is 1. The lowest BCUT2D eigenvalue weighted by Gasteiger charge is -2.16. The Morgan fingerprint density at radius 3 is 2.43 bits per heavy atom. The van der Waals surface area contributed by atoms with Crippen LogP contribution in [0.3, 0.4) is 0 Å². The quantitative estimate of drug-likeness (QED) is 0.316. The molecule has 188 valence electrons. The summed E-state index contributed by atoms with van der Waals surface area (Å²) in [6.45, 7) is 0. The smallest absolute Gasteiger partial charge is 0.263 e. The molecule has 0 spiro atoms. The molecule has 0 saturated heterocycles. The summed E-state index contributed by atoms with van der Waals surface area (Å²) in [4.78, 5) is 12.8. The molecule has 3 aromatic carbocycles. The van der Waals surface area contributed by atoms with Gasteiger partial charge in [0, 0.05) is 29.1 Å². The summed E-state index contributed by atoms with van der Waals surface area (Å²) in [5, 5.41) is 3.95. The summed E-state index contributed by atoms with van der Waals surface area (Å²) >= 11 is 0. The minimum Gasteiger partial charge on any atom is -0.495 e. The second kappa shape index (κ2) is 9.13. The van der Waals surface area contributed by atoms with Crippen LogP contribution in [0, 0.1) is 17.5 Å². The molecule has 37 heavy (non-hydrogen) atoms. The Morgan fingerprint density at radius 1 is 0.919 bits per heavy atom. The monoisotopic (exact) mass is 527 g/mol. The molecule has 0 atom stereocenters. The van der Waals surface area contributed by atoms with E-state index in [0.717, 1.165) is 6.07 Å². The van der Waals surface area contributed by atoms with Crippen molar-refractivity contribution < 1.29 is 30.8 Å². The van der Waals surface area contributed by atoms with Gasteiger partial charge in [-0.05, 0) is 48.0 Å². The van der Waals surface area contributed by atoms with Gasteiger partial charge in [0.15, 0.2) is 17.5 Å². The number of fused-ring (bicyclic) bond motifs is 1. The van der Waals surface area contributed by atoms with Crippen LogP contribution in [0.15, 0.2) is 87.2 Å². The lowest BCUT2D eigenvalue weighted by molar-refractivity contribution is 0.413. The Balaban J connectivity index is 1.62. The highest BCUT2D eigenvalue weighted by molar-refractivity contribution is 7.92. The van der Waals surface area contributed by atoms with Crippen molar-refractivity contribution in [1.82, 2.24) is 9.72 Å². The largest absolute Gasteiger partial charge is 0.495 e. The predicted octanol–water partition coefficient (Wildman–Crippen LogP) is 4.87. The van der Waals surface area contributed by atoms with E-state index in [0.29, 0.717) is 17.0 Å². The molecule has 0 aliphatic heterocycles. The molecule has 8 nitrogen and oxygen atoms in total. The number of rotatable bonds is 6. The third-order valence-electron chi connectivity index (χ3n) is 5.59. The third-order valence-corrected chi connectivity index (χ3v) is 6.95. The maximum absolute atomic E-state index is 14.3. The molecule has 0 unspecified atom stereocenters. The number of hydrogen-bond donors (Lipinski definition) is 1. The first-order valence-electron chi connectivity index (χ1n) is 10.6. The number of nitrogens with zero attached hydrogens (tertiary/aromatic N) is 2. The number of nitrogens with one attached hydrogen (secondary N) is 1. The number of sulfonamides is 1. The van der Waals surface area contributed by atoms with Gasteiger partial charge in [-0.1, -0.05) is 11.2 Å². The highest BCUT2D eigenvalue weighted by Crippen LogP contribution is 2.33. The number of hydrogen-bond acceptors (Lipinski definition) is 6. The number of pyridine rings is 1. The van der Waals surface area contributed by atoms with Gasteiger partial charge in [0.1, 0.15) is 17.8 Å². The highest BCUT2D eigenvalue weighted by Gasteiger charge is 2.19. The molecule has 0 aliphatic carbocycles. The summed E-state index contributed by atoms with van der Waals surface area (Å²) in [6.07, 6.45) is 1.22. The van der Waals surface area contributed by atoms with E-state index in [-0.39, 0.29) is 33.3 Å². The van der Waals surface area contributed by atoms with E-state index in [2.05, 4.69) is 14.4 Å². The van der Waals surface area contributed by atoms with Crippen molar-refractivity contribution >= 4 is 26.7 Å². The maximum atomic E-state index is 14.3. The molecule has 0 saturated carbocycles. The molecular formula is C25H16F3N3O5S. The molecule has 0 radical (unpaired) electrons. The molecular weight excluding hydrogens is 511 g/mol. The van der Waals surface area contributed by atoms with Gasteiger partial charge >= 0.3 is 0 Å². The Kier molecular flexibility index (Phi) is 5.96. The van der Waals surface area contributed by atoms with E-state index < -0.39 is 33.0 Å². The van der Waals surface area contributed by atoms with Crippen molar-refractivity contribution in [2.75, 3.05) is 11.8 Å². The van der Waals surface area contributed by atoms with E-state index in [9.17, 15) is 26.4 Å². The van der Waals surface area contributed by atoms with Crippen molar-refractivity contribution in [2.45, 2.75) is 4.90 Å². The molecule has 1 N–H and O–H groups in total. The van der Waals surface area contributed by atoms with Crippen molar-refractivity contribution in [3.05, 3.63) is 101 Å². The Morgan fingerprint density at radius 2 is 1.70 bits per heavy atom. The molecule has 0 fully saturated rings. The van der Waals surface area contributed by atoms with Crippen LogP contribution >= 0.6 is 0 Å². The van der Waals surface area contributed by atoms with E-state index in [4.69, 9.17) is 4.74 Å². The summed E-state index contributed by atoms with van der Waals surface area (Å²) < 4.78 is 80.6. The number of benzene rings is 3. The Labute approximate surface area is 207 Å². The minimum absolute atomic E-state index is 0.00682. The van der Waals surface area contributed by atoms with Crippen LogP contribution in [0.1, 0.15) is 0 Å². The molecule has 2 aromatic heterocycles. The lowest BCUT2D eigenvalue weighted by Crippen LogP contribution is -2.18. The molecule has 12 heteroatoms. The average molecular weight is 527 g/mol. The second-order valence-corrected chi connectivity index (χ2v) is 9.53. The Hall–Kier alpha value is -4.58.